The summed E-state index contributed by atoms with van der Waals surface area (Å²) in [4.78, 5) is 34.7. The van der Waals surface area contributed by atoms with Crippen LogP contribution in [-0.2, 0) is 19.6 Å². The molecule has 2 aromatic carbocycles. The molecule has 0 aliphatic carbocycles. The summed E-state index contributed by atoms with van der Waals surface area (Å²) in [5.74, 6) is -1.58. The van der Waals surface area contributed by atoms with Crippen LogP contribution in [0.1, 0.15) is 29.8 Å². The molecule has 1 N–H and O–H groups in total. The van der Waals surface area contributed by atoms with Gasteiger partial charge in [0.2, 0.25) is 10.0 Å². The van der Waals surface area contributed by atoms with E-state index in [1.807, 2.05) is 0 Å². The van der Waals surface area contributed by atoms with Gasteiger partial charge in [0.15, 0.2) is 6.61 Å². The molecule has 0 saturated heterocycles. The Morgan fingerprint density at radius 2 is 1.87 bits per heavy atom. The van der Waals surface area contributed by atoms with Gasteiger partial charge in [0, 0.05) is 30.4 Å². The molecule has 0 saturated carbocycles. The molecule has 0 unspecified atom stereocenters. The van der Waals surface area contributed by atoms with Gasteiger partial charge in [-0.3, -0.25) is 14.9 Å². The quantitative estimate of drug-likeness (QED) is 0.372. The molecular weight excluding hydrogens is 426 g/mol. The van der Waals surface area contributed by atoms with Crippen molar-refractivity contribution in [2.75, 3.05) is 19.0 Å². The Labute approximate surface area is 180 Å². The molecule has 0 atom stereocenters. The number of carbonyl (C=O) groups excluding carboxylic acids is 2. The Morgan fingerprint density at radius 3 is 2.48 bits per heavy atom. The first-order valence-electron chi connectivity index (χ1n) is 9.23. The summed E-state index contributed by atoms with van der Waals surface area (Å²) in [6.07, 6.45) is 0. The average molecular weight is 449 g/mol. The Morgan fingerprint density at radius 1 is 1.19 bits per heavy atom. The largest absolute Gasteiger partial charge is 0.452 e. The van der Waals surface area contributed by atoms with Gasteiger partial charge >= 0.3 is 5.97 Å². The number of aryl methyl sites for hydroxylation is 1. The molecule has 2 aromatic rings. The van der Waals surface area contributed by atoms with Crippen molar-refractivity contribution in [1.29, 1.82) is 0 Å². The first kappa shape index (κ1) is 24.0. The van der Waals surface area contributed by atoms with Gasteiger partial charge in [0.25, 0.3) is 11.6 Å². The van der Waals surface area contributed by atoms with E-state index in [0.717, 1.165) is 0 Å². The first-order chi connectivity index (χ1) is 14.4. The van der Waals surface area contributed by atoms with Crippen molar-refractivity contribution in [3.8, 4) is 0 Å². The van der Waals surface area contributed by atoms with E-state index in [1.165, 1.54) is 53.8 Å². The van der Waals surface area contributed by atoms with Gasteiger partial charge in [-0.2, -0.15) is 4.31 Å². The number of amides is 1. The second-order valence-electron chi connectivity index (χ2n) is 7.03. The summed E-state index contributed by atoms with van der Waals surface area (Å²) >= 11 is 0. The topological polar surface area (TPSA) is 136 Å². The van der Waals surface area contributed by atoms with Crippen molar-refractivity contribution in [1.82, 2.24) is 4.31 Å². The predicted octanol–water partition coefficient (Wildman–Crippen LogP) is 2.73. The highest BCUT2D eigenvalue weighted by Gasteiger charge is 2.24. The lowest BCUT2D eigenvalue weighted by molar-refractivity contribution is -0.385. The van der Waals surface area contributed by atoms with Crippen LogP contribution < -0.4 is 5.32 Å². The molecule has 166 valence electrons. The Bertz CT molecular complexity index is 1110. The lowest BCUT2D eigenvalue weighted by atomic mass is 10.2. The van der Waals surface area contributed by atoms with Crippen molar-refractivity contribution in [2.45, 2.75) is 31.7 Å². The molecule has 0 aliphatic heterocycles. The molecule has 0 radical (unpaired) electrons. The zero-order valence-electron chi connectivity index (χ0n) is 17.5. The molecule has 1 amide bonds. The second kappa shape index (κ2) is 9.67. The van der Waals surface area contributed by atoms with Crippen molar-refractivity contribution in [2.24, 2.45) is 0 Å². The molecule has 0 aliphatic rings. The van der Waals surface area contributed by atoms with Crippen molar-refractivity contribution in [3.05, 3.63) is 63.7 Å². The lowest BCUT2D eigenvalue weighted by Crippen LogP contribution is -2.33. The fourth-order valence-electron chi connectivity index (χ4n) is 2.52. The minimum Gasteiger partial charge on any atom is -0.452 e. The van der Waals surface area contributed by atoms with E-state index in [-0.39, 0.29) is 27.9 Å². The first-order valence-corrected chi connectivity index (χ1v) is 10.7. The zero-order valence-corrected chi connectivity index (χ0v) is 18.3. The van der Waals surface area contributed by atoms with Crippen LogP contribution in [0.2, 0.25) is 0 Å². The van der Waals surface area contributed by atoms with Crippen LogP contribution >= 0.6 is 0 Å². The van der Waals surface area contributed by atoms with E-state index in [2.05, 4.69) is 5.32 Å². The minimum absolute atomic E-state index is 0.0306. The normalized spacial score (nSPS) is 11.4. The number of esters is 1. The lowest BCUT2D eigenvalue weighted by Gasteiger charge is -2.21. The maximum Gasteiger partial charge on any atom is 0.338 e. The van der Waals surface area contributed by atoms with Gasteiger partial charge < -0.3 is 10.1 Å². The van der Waals surface area contributed by atoms with Gasteiger partial charge in [0.05, 0.1) is 15.4 Å². The summed E-state index contributed by atoms with van der Waals surface area (Å²) in [7, 11) is -2.35. The Balaban J connectivity index is 2.06. The number of rotatable bonds is 8. The smallest absolute Gasteiger partial charge is 0.338 e. The summed E-state index contributed by atoms with van der Waals surface area (Å²) in [5.41, 5.74) is 0.437. The van der Waals surface area contributed by atoms with Crippen LogP contribution in [0.15, 0.2) is 47.4 Å². The number of sulfonamides is 1. The maximum absolute atomic E-state index is 12.6. The number of benzene rings is 2. The third-order valence-electron chi connectivity index (χ3n) is 4.50. The molecule has 31 heavy (non-hydrogen) atoms. The van der Waals surface area contributed by atoms with Crippen molar-refractivity contribution < 1.29 is 27.7 Å². The maximum atomic E-state index is 12.6. The molecule has 2 rings (SSSR count). The van der Waals surface area contributed by atoms with Crippen molar-refractivity contribution >= 4 is 33.3 Å². The van der Waals surface area contributed by atoms with E-state index in [4.69, 9.17) is 4.74 Å². The number of nitrogens with one attached hydrogen (secondary N) is 1. The van der Waals surface area contributed by atoms with Gasteiger partial charge in [-0.05, 0) is 45.0 Å². The van der Waals surface area contributed by atoms with Gasteiger partial charge in [-0.1, -0.05) is 12.1 Å². The van der Waals surface area contributed by atoms with E-state index >= 15 is 0 Å². The van der Waals surface area contributed by atoms with E-state index in [9.17, 15) is 28.1 Å². The number of anilines is 1. The van der Waals surface area contributed by atoms with Crippen LogP contribution in [0, 0.1) is 17.0 Å². The monoisotopic (exact) mass is 449 g/mol. The third-order valence-corrected chi connectivity index (χ3v) is 6.53. The fraction of sp³-hybridized carbons (Fsp3) is 0.300. The zero-order chi connectivity index (χ0) is 23.3. The van der Waals surface area contributed by atoms with Gasteiger partial charge in [-0.25, -0.2) is 13.2 Å². The number of hydrogen-bond acceptors (Lipinski definition) is 7. The Hall–Kier alpha value is -3.31. The Kier molecular flexibility index (Phi) is 7.47. The molecule has 11 heteroatoms. The van der Waals surface area contributed by atoms with E-state index in [1.54, 1.807) is 20.8 Å². The van der Waals surface area contributed by atoms with Crippen LogP contribution in [0.25, 0.3) is 0 Å². The molecule has 10 nitrogen and oxygen atoms in total. The SMILES string of the molecule is Cc1ccc(NC(=O)COC(=O)c2cccc(S(=O)(=O)N(C)C(C)C)c2)cc1[N+](=O)[O-]. The highest BCUT2D eigenvalue weighted by molar-refractivity contribution is 7.89. The van der Waals surface area contributed by atoms with Crippen LogP contribution in [-0.4, -0.2) is 49.2 Å². The molecule has 0 heterocycles. The van der Waals surface area contributed by atoms with Crippen LogP contribution in [0.4, 0.5) is 11.4 Å². The third kappa shape index (κ3) is 5.86. The number of carbonyl (C=O) groups is 2. The fourth-order valence-corrected chi connectivity index (χ4v) is 3.94. The highest BCUT2D eigenvalue weighted by atomic mass is 32.2. The molecule has 0 aromatic heterocycles. The van der Waals surface area contributed by atoms with E-state index in [0.29, 0.717) is 5.56 Å². The number of nitro groups is 1. The highest BCUT2D eigenvalue weighted by Crippen LogP contribution is 2.22. The summed E-state index contributed by atoms with van der Waals surface area (Å²) in [6.45, 7) is 4.36. The summed E-state index contributed by atoms with van der Waals surface area (Å²) in [5, 5.41) is 13.4. The molecule has 0 bridgehead atoms. The van der Waals surface area contributed by atoms with E-state index < -0.39 is 33.4 Å². The predicted molar refractivity (Wildman–Crippen MR) is 113 cm³/mol. The number of nitrogens with zero attached hydrogens (tertiary/aromatic N) is 2. The number of hydrogen-bond donors (Lipinski definition) is 1. The minimum atomic E-state index is -3.79. The standard InChI is InChI=1S/C20H23N3O7S/c1-13(2)22(4)31(28,29)17-7-5-6-15(10-17)20(25)30-12-19(24)21-16-9-8-14(3)18(11-16)23(26)27/h5-11,13H,12H2,1-4H3,(H,21,24). The number of nitro benzene ring substituents is 1. The molecule has 0 spiro atoms. The van der Waals surface area contributed by atoms with Gasteiger partial charge in [0.1, 0.15) is 0 Å². The number of ether oxygens (including phenoxy) is 1. The van der Waals surface area contributed by atoms with Crippen LogP contribution in [0.3, 0.4) is 0 Å². The van der Waals surface area contributed by atoms with Crippen LogP contribution in [0.5, 0.6) is 0 Å². The summed E-state index contributed by atoms with van der Waals surface area (Å²) in [6, 6.07) is 9.22. The molecular formula is C20H23N3O7S. The average Bonchev–Trinajstić information content (AvgIpc) is 2.72. The molecule has 0 fully saturated rings. The van der Waals surface area contributed by atoms with Crippen molar-refractivity contribution in [3.63, 3.8) is 0 Å². The second-order valence-corrected chi connectivity index (χ2v) is 9.02. The van der Waals surface area contributed by atoms with Gasteiger partial charge in [-0.15, -0.1) is 0 Å². The summed E-state index contributed by atoms with van der Waals surface area (Å²) < 4.78 is 31.3.